The molecule has 4 aromatic carbocycles. The number of nitrogens with two attached hydrogens (primary N) is 1. The standard InChI is InChI=1S/C36H27N5O3/c37-35-34-32(26-12-7-14-29(19-26)44-23-24-8-2-1-3-9-24)39-36(41(34)17-16-38-35)27-13-6-10-25(18-27)20-40-21-28-11-4-5-15-30(28)33(40)31(43)22-42/h1-19,21-22H,20,23H2,(H2,37,38). The first kappa shape index (κ1) is 26.9. The summed E-state index contributed by atoms with van der Waals surface area (Å²) in [5.74, 6) is 1.23. The first-order valence-corrected chi connectivity index (χ1v) is 14.2. The van der Waals surface area contributed by atoms with Crippen molar-refractivity contribution in [3.8, 4) is 28.4 Å². The molecule has 8 heteroatoms. The number of ether oxygens (including phenoxy) is 1. The molecule has 0 unspecified atom stereocenters. The molecular formula is C36H27N5O3. The molecule has 0 saturated heterocycles. The molecule has 0 amide bonds. The number of imidazole rings is 1. The number of nitrogen functional groups attached to an aromatic ring is 1. The molecule has 0 saturated carbocycles. The van der Waals surface area contributed by atoms with Gasteiger partial charge in [-0.3, -0.25) is 14.0 Å². The van der Waals surface area contributed by atoms with Crippen LogP contribution >= 0.6 is 0 Å². The molecule has 0 spiro atoms. The summed E-state index contributed by atoms with van der Waals surface area (Å²) in [6.07, 6.45) is 5.77. The number of Topliss-reactive ketones (excluding diaryl/α,β-unsaturated/α-hetero) is 1. The van der Waals surface area contributed by atoms with Gasteiger partial charge in [-0.25, -0.2) is 9.97 Å². The maximum absolute atomic E-state index is 12.6. The minimum absolute atomic E-state index is 0.365. The van der Waals surface area contributed by atoms with Gasteiger partial charge in [-0.05, 0) is 29.3 Å². The highest BCUT2D eigenvalue weighted by atomic mass is 16.5. The molecule has 0 aliphatic heterocycles. The van der Waals surface area contributed by atoms with Crippen molar-refractivity contribution in [2.24, 2.45) is 0 Å². The van der Waals surface area contributed by atoms with Crippen LogP contribution in [0.15, 0.2) is 122 Å². The second-order valence-electron chi connectivity index (χ2n) is 10.5. The molecule has 44 heavy (non-hydrogen) atoms. The van der Waals surface area contributed by atoms with Gasteiger partial charge in [0.15, 0.2) is 6.29 Å². The molecular weight excluding hydrogens is 550 g/mol. The largest absolute Gasteiger partial charge is 0.489 e. The van der Waals surface area contributed by atoms with Crippen LogP contribution in [-0.4, -0.2) is 31.0 Å². The van der Waals surface area contributed by atoms with Gasteiger partial charge >= 0.3 is 0 Å². The highest BCUT2D eigenvalue weighted by Gasteiger charge is 2.19. The molecule has 0 bridgehead atoms. The highest BCUT2D eigenvalue weighted by molar-refractivity contribution is 6.35. The fourth-order valence-corrected chi connectivity index (χ4v) is 5.62. The summed E-state index contributed by atoms with van der Waals surface area (Å²) in [4.78, 5) is 33.5. The number of aromatic nitrogens is 4. The Bertz CT molecular complexity index is 2160. The summed E-state index contributed by atoms with van der Waals surface area (Å²) in [7, 11) is 0. The third kappa shape index (κ3) is 4.98. The summed E-state index contributed by atoms with van der Waals surface area (Å²) in [6, 6.07) is 33.3. The van der Waals surface area contributed by atoms with Crippen molar-refractivity contribution in [3.05, 3.63) is 139 Å². The van der Waals surface area contributed by atoms with E-state index in [9.17, 15) is 9.59 Å². The molecule has 2 N–H and O–H groups in total. The van der Waals surface area contributed by atoms with E-state index in [1.807, 2.05) is 124 Å². The summed E-state index contributed by atoms with van der Waals surface area (Å²) < 4.78 is 9.86. The second-order valence-corrected chi connectivity index (χ2v) is 10.5. The Labute approximate surface area is 253 Å². The Hall–Kier alpha value is -6.02. The molecule has 3 heterocycles. The molecule has 0 radical (unpaired) electrons. The first-order chi connectivity index (χ1) is 21.6. The second kappa shape index (κ2) is 11.3. The normalized spacial score (nSPS) is 11.2. The predicted octanol–water partition coefficient (Wildman–Crippen LogP) is 6.61. The molecule has 0 aliphatic carbocycles. The van der Waals surface area contributed by atoms with Crippen LogP contribution in [0, 0.1) is 0 Å². The van der Waals surface area contributed by atoms with Gasteiger partial charge in [0.25, 0.3) is 0 Å². The predicted molar refractivity (Wildman–Crippen MR) is 170 cm³/mol. The van der Waals surface area contributed by atoms with Crippen molar-refractivity contribution in [2.75, 3.05) is 5.73 Å². The van der Waals surface area contributed by atoms with Gasteiger partial charge in [-0.15, -0.1) is 0 Å². The van der Waals surface area contributed by atoms with Crippen molar-refractivity contribution in [3.63, 3.8) is 0 Å². The summed E-state index contributed by atoms with van der Waals surface area (Å²) in [6.45, 7) is 0.852. The van der Waals surface area contributed by atoms with Crippen LogP contribution in [0.5, 0.6) is 5.75 Å². The molecule has 0 fully saturated rings. The van der Waals surface area contributed by atoms with Gasteiger partial charge in [0.2, 0.25) is 5.78 Å². The first-order valence-electron chi connectivity index (χ1n) is 14.2. The molecule has 0 atom stereocenters. The molecule has 7 aromatic rings. The van der Waals surface area contributed by atoms with E-state index < -0.39 is 5.78 Å². The molecule has 7 rings (SSSR count). The van der Waals surface area contributed by atoms with E-state index in [4.69, 9.17) is 15.5 Å². The minimum Gasteiger partial charge on any atom is -0.489 e. The number of hydrogen-bond donors (Lipinski definition) is 1. The van der Waals surface area contributed by atoms with Crippen LogP contribution in [-0.2, 0) is 17.9 Å². The third-order valence-electron chi connectivity index (χ3n) is 7.62. The lowest BCUT2D eigenvalue weighted by atomic mass is 10.1. The van der Waals surface area contributed by atoms with Crippen molar-refractivity contribution in [2.45, 2.75) is 13.2 Å². The van der Waals surface area contributed by atoms with E-state index in [1.165, 1.54) is 0 Å². The Morgan fingerprint density at radius 2 is 1.64 bits per heavy atom. The maximum atomic E-state index is 12.6. The van der Waals surface area contributed by atoms with Gasteiger partial charge < -0.3 is 15.0 Å². The van der Waals surface area contributed by atoms with Crippen molar-refractivity contribution >= 4 is 34.2 Å². The topological polar surface area (TPSA) is 105 Å². The fraction of sp³-hybridized carbons (Fsp3) is 0.0556. The molecule has 8 nitrogen and oxygen atoms in total. The van der Waals surface area contributed by atoms with E-state index in [0.717, 1.165) is 38.8 Å². The Kier molecular flexibility index (Phi) is 6.92. The number of aldehydes is 1. The molecule has 214 valence electrons. The summed E-state index contributed by atoms with van der Waals surface area (Å²) in [5, 5.41) is 1.65. The van der Waals surface area contributed by atoms with Crippen LogP contribution in [0.1, 0.15) is 21.6 Å². The smallest absolute Gasteiger partial charge is 0.242 e. The summed E-state index contributed by atoms with van der Waals surface area (Å²) in [5.41, 5.74) is 11.9. The summed E-state index contributed by atoms with van der Waals surface area (Å²) >= 11 is 0. The number of nitrogens with zero attached hydrogens (tertiary/aromatic N) is 4. The van der Waals surface area contributed by atoms with Crippen LogP contribution in [0.25, 0.3) is 38.9 Å². The monoisotopic (exact) mass is 577 g/mol. The SMILES string of the molecule is Nc1nccn2c(-c3cccc(Cn4cc5ccccc5c4C(=O)C=O)c3)nc(-c3cccc(OCc4ccccc4)c3)c12. The van der Waals surface area contributed by atoms with Crippen molar-refractivity contribution < 1.29 is 14.3 Å². The number of rotatable bonds is 9. The lowest BCUT2D eigenvalue weighted by Gasteiger charge is -2.09. The fourth-order valence-electron chi connectivity index (χ4n) is 5.62. The number of fused-ring (bicyclic) bond motifs is 2. The maximum Gasteiger partial charge on any atom is 0.242 e. The Morgan fingerprint density at radius 1 is 0.864 bits per heavy atom. The van der Waals surface area contributed by atoms with Crippen molar-refractivity contribution in [1.82, 2.24) is 18.9 Å². The van der Waals surface area contributed by atoms with E-state index in [1.54, 1.807) is 6.20 Å². The lowest BCUT2D eigenvalue weighted by Crippen LogP contribution is -2.10. The molecule has 3 aromatic heterocycles. The zero-order chi connectivity index (χ0) is 30.0. The third-order valence-corrected chi connectivity index (χ3v) is 7.62. The average molecular weight is 578 g/mol. The zero-order valence-corrected chi connectivity index (χ0v) is 23.6. The van der Waals surface area contributed by atoms with Crippen molar-refractivity contribution in [1.29, 1.82) is 0 Å². The Morgan fingerprint density at radius 3 is 2.50 bits per heavy atom. The van der Waals surface area contributed by atoms with Crippen LogP contribution in [0.2, 0.25) is 0 Å². The number of anilines is 1. The van der Waals surface area contributed by atoms with Crippen LogP contribution < -0.4 is 10.5 Å². The van der Waals surface area contributed by atoms with Gasteiger partial charge in [-0.2, -0.15) is 0 Å². The number of carbonyl (C=O) groups excluding carboxylic acids is 2. The number of ketones is 1. The van der Waals surface area contributed by atoms with Gasteiger partial charge in [0.05, 0.1) is 0 Å². The van der Waals surface area contributed by atoms with E-state index in [-0.39, 0.29) is 0 Å². The number of benzene rings is 4. The van der Waals surface area contributed by atoms with Gasteiger partial charge in [0.1, 0.15) is 40.9 Å². The van der Waals surface area contributed by atoms with Crippen LogP contribution in [0.4, 0.5) is 5.82 Å². The van der Waals surface area contributed by atoms with Crippen LogP contribution in [0.3, 0.4) is 0 Å². The molecule has 0 aliphatic rings. The van der Waals surface area contributed by atoms with Gasteiger partial charge in [-0.1, -0.05) is 84.9 Å². The number of carbonyl (C=O) groups is 2. The number of hydrogen-bond acceptors (Lipinski definition) is 6. The minimum atomic E-state index is -0.552. The Balaban J connectivity index is 1.26. The van der Waals surface area contributed by atoms with E-state index >= 15 is 0 Å². The highest BCUT2D eigenvalue weighted by Crippen LogP contribution is 2.34. The van der Waals surface area contributed by atoms with E-state index in [0.29, 0.717) is 48.0 Å². The van der Waals surface area contributed by atoms with E-state index in [2.05, 4.69) is 4.98 Å². The average Bonchev–Trinajstić information content (AvgIpc) is 3.64. The quantitative estimate of drug-likeness (QED) is 0.118. The zero-order valence-electron chi connectivity index (χ0n) is 23.6. The lowest BCUT2D eigenvalue weighted by molar-refractivity contribution is -0.104. The van der Waals surface area contributed by atoms with Gasteiger partial charge in [0, 0.05) is 47.0 Å².